The van der Waals surface area contributed by atoms with Crippen LogP contribution in [0.2, 0.25) is 0 Å². The highest BCUT2D eigenvalue weighted by molar-refractivity contribution is 7.92. The number of carbonyl (C=O) groups is 2. The van der Waals surface area contributed by atoms with Gasteiger partial charge in [-0.2, -0.15) is 0 Å². The minimum Gasteiger partial charge on any atom is -0.462 e. The highest BCUT2D eigenvalue weighted by atomic mass is 32.2. The summed E-state index contributed by atoms with van der Waals surface area (Å²) in [6.45, 7) is 3.31. The Bertz CT molecular complexity index is 639. The SMILES string of the molecule is CC(C)OC(=O)CS(=O)(=O)c1ccc(C(=O)C2CC2)cc1. The van der Waals surface area contributed by atoms with Gasteiger partial charge in [0.2, 0.25) is 0 Å². The van der Waals surface area contributed by atoms with Crippen LogP contribution < -0.4 is 0 Å². The summed E-state index contributed by atoms with van der Waals surface area (Å²) in [5, 5.41) is 0. The first-order valence-electron chi connectivity index (χ1n) is 6.86. The summed E-state index contributed by atoms with van der Waals surface area (Å²) < 4.78 is 29.0. The largest absolute Gasteiger partial charge is 0.462 e. The topological polar surface area (TPSA) is 77.5 Å². The van der Waals surface area contributed by atoms with Crippen LogP contribution in [0.25, 0.3) is 0 Å². The molecule has 0 aliphatic heterocycles. The highest BCUT2D eigenvalue weighted by Gasteiger charge is 2.30. The van der Waals surface area contributed by atoms with Gasteiger partial charge in [-0.3, -0.25) is 9.59 Å². The molecule has 5 nitrogen and oxygen atoms in total. The van der Waals surface area contributed by atoms with Gasteiger partial charge >= 0.3 is 5.97 Å². The molecule has 0 N–H and O–H groups in total. The minimum absolute atomic E-state index is 0.0237. The fraction of sp³-hybridized carbons (Fsp3) is 0.467. The van der Waals surface area contributed by atoms with Crippen LogP contribution in [0.3, 0.4) is 0 Å². The first-order chi connectivity index (χ1) is 9.79. The summed E-state index contributed by atoms with van der Waals surface area (Å²) in [7, 11) is -3.74. The third-order valence-corrected chi connectivity index (χ3v) is 4.73. The number of rotatable bonds is 6. The van der Waals surface area contributed by atoms with Crippen LogP contribution in [0, 0.1) is 5.92 Å². The molecule has 0 heterocycles. The zero-order valence-corrected chi connectivity index (χ0v) is 12.9. The van der Waals surface area contributed by atoms with Gasteiger partial charge in [-0.25, -0.2) is 8.42 Å². The second-order valence-corrected chi connectivity index (χ2v) is 7.45. The van der Waals surface area contributed by atoms with Crippen molar-refractivity contribution < 1.29 is 22.7 Å². The Morgan fingerprint density at radius 2 is 1.76 bits per heavy atom. The number of hydrogen-bond acceptors (Lipinski definition) is 5. The average Bonchev–Trinajstić information content (AvgIpc) is 3.20. The highest BCUT2D eigenvalue weighted by Crippen LogP contribution is 2.32. The number of ether oxygens (including phenoxy) is 1. The summed E-state index contributed by atoms with van der Waals surface area (Å²) in [6, 6.07) is 5.74. The molecule has 0 saturated heterocycles. The maximum Gasteiger partial charge on any atom is 0.321 e. The van der Waals surface area contributed by atoms with Crippen LogP contribution in [0.4, 0.5) is 0 Å². The molecular formula is C15H18O5S. The Labute approximate surface area is 124 Å². The van der Waals surface area contributed by atoms with Gasteiger partial charge in [0, 0.05) is 11.5 Å². The van der Waals surface area contributed by atoms with Gasteiger partial charge in [0.25, 0.3) is 0 Å². The molecule has 0 bridgehead atoms. The molecular weight excluding hydrogens is 292 g/mol. The molecule has 0 radical (unpaired) electrons. The van der Waals surface area contributed by atoms with Crippen molar-refractivity contribution >= 4 is 21.6 Å². The number of ketones is 1. The fourth-order valence-electron chi connectivity index (χ4n) is 1.94. The van der Waals surface area contributed by atoms with Crippen molar-refractivity contribution in [2.45, 2.75) is 37.7 Å². The monoisotopic (exact) mass is 310 g/mol. The Hall–Kier alpha value is -1.69. The van der Waals surface area contributed by atoms with Crippen LogP contribution in [0.5, 0.6) is 0 Å². The van der Waals surface area contributed by atoms with E-state index >= 15 is 0 Å². The second kappa shape index (κ2) is 5.97. The van der Waals surface area contributed by atoms with E-state index in [0.717, 1.165) is 12.8 Å². The molecule has 1 fully saturated rings. The van der Waals surface area contributed by atoms with Gasteiger partial charge in [-0.15, -0.1) is 0 Å². The third-order valence-electron chi connectivity index (χ3n) is 3.12. The maximum atomic E-state index is 12.1. The van der Waals surface area contributed by atoms with E-state index in [1.54, 1.807) is 13.8 Å². The van der Waals surface area contributed by atoms with E-state index < -0.39 is 21.6 Å². The van der Waals surface area contributed by atoms with Crippen LogP contribution in [-0.4, -0.2) is 32.0 Å². The zero-order chi connectivity index (χ0) is 15.6. The number of hydrogen-bond donors (Lipinski definition) is 0. The molecule has 21 heavy (non-hydrogen) atoms. The lowest BCUT2D eigenvalue weighted by atomic mass is 10.1. The first-order valence-corrected chi connectivity index (χ1v) is 8.51. The van der Waals surface area contributed by atoms with Gasteiger partial charge in [-0.05, 0) is 38.8 Å². The van der Waals surface area contributed by atoms with Crippen molar-refractivity contribution in [3.8, 4) is 0 Å². The molecule has 1 saturated carbocycles. The van der Waals surface area contributed by atoms with E-state index in [1.165, 1.54) is 24.3 Å². The van der Waals surface area contributed by atoms with E-state index in [0.29, 0.717) is 5.56 Å². The Kier molecular flexibility index (Phi) is 4.46. The molecule has 114 valence electrons. The molecule has 0 atom stereocenters. The number of Topliss-reactive ketones (excluding diaryl/α,β-unsaturated/α-hetero) is 1. The summed E-state index contributed by atoms with van der Waals surface area (Å²) in [4.78, 5) is 23.3. The predicted octanol–water partition coefficient (Wildman–Crippen LogP) is 2.00. The second-order valence-electron chi connectivity index (χ2n) is 5.46. The summed E-state index contributed by atoms with van der Waals surface area (Å²) in [5.74, 6) is -1.32. The van der Waals surface area contributed by atoms with Gasteiger partial charge in [0.1, 0.15) is 0 Å². The molecule has 0 amide bonds. The molecule has 0 aromatic heterocycles. The van der Waals surface area contributed by atoms with Crippen molar-refractivity contribution in [3.63, 3.8) is 0 Å². The van der Waals surface area contributed by atoms with Crippen molar-refractivity contribution in [1.82, 2.24) is 0 Å². The van der Waals surface area contributed by atoms with Crippen molar-refractivity contribution in [2.24, 2.45) is 5.92 Å². The Balaban J connectivity index is 2.09. The van der Waals surface area contributed by atoms with Crippen LogP contribution in [0.15, 0.2) is 29.2 Å². The molecule has 1 aliphatic rings. The Morgan fingerprint density at radius 3 is 2.24 bits per heavy atom. The molecule has 1 aliphatic carbocycles. The smallest absolute Gasteiger partial charge is 0.321 e. The third kappa shape index (κ3) is 4.14. The van der Waals surface area contributed by atoms with Crippen molar-refractivity contribution in [3.05, 3.63) is 29.8 Å². The van der Waals surface area contributed by atoms with E-state index in [-0.39, 0.29) is 22.7 Å². The van der Waals surface area contributed by atoms with E-state index in [9.17, 15) is 18.0 Å². The predicted molar refractivity (Wildman–Crippen MR) is 76.8 cm³/mol. The van der Waals surface area contributed by atoms with Gasteiger partial charge in [-0.1, -0.05) is 12.1 Å². The normalized spacial score (nSPS) is 15.0. The zero-order valence-electron chi connectivity index (χ0n) is 12.0. The first kappa shape index (κ1) is 15.7. The lowest BCUT2D eigenvalue weighted by Crippen LogP contribution is -2.21. The Morgan fingerprint density at radius 1 is 1.19 bits per heavy atom. The van der Waals surface area contributed by atoms with Crippen LogP contribution >= 0.6 is 0 Å². The summed E-state index contributed by atoms with van der Waals surface area (Å²) in [5.41, 5.74) is 0.515. The van der Waals surface area contributed by atoms with E-state index in [4.69, 9.17) is 4.74 Å². The number of esters is 1. The van der Waals surface area contributed by atoms with E-state index in [1.807, 2.05) is 0 Å². The standard InChI is InChI=1S/C15H18O5S/c1-10(2)20-14(16)9-21(18,19)13-7-5-12(6-8-13)15(17)11-3-4-11/h5-8,10-11H,3-4,9H2,1-2H3. The number of sulfone groups is 1. The fourth-order valence-corrected chi connectivity index (χ4v) is 3.04. The van der Waals surface area contributed by atoms with Crippen LogP contribution in [-0.2, 0) is 19.4 Å². The van der Waals surface area contributed by atoms with Gasteiger partial charge < -0.3 is 4.74 Å². The average molecular weight is 310 g/mol. The number of benzene rings is 1. The van der Waals surface area contributed by atoms with Gasteiger partial charge in [0.15, 0.2) is 21.4 Å². The molecule has 6 heteroatoms. The lowest BCUT2D eigenvalue weighted by Gasteiger charge is -2.08. The summed E-state index contributed by atoms with van der Waals surface area (Å²) >= 11 is 0. The van der Waals surface area contributed by atoms with Crippen LogP contribution in [0.1, 0.15) is 37.0 Å². The molecule has 2 rings (SSSR count). The molecule has 0 unspecified atom stereocenters. The van der Waals surface area contributed by atoms with Crippen molar-refractivity contribution in [2.75, 3.05) is 5.75 Å². The molecule has 1 aromatic rings. The lowest BCUT2D eigenvalue weighted by molar-refractivity contribution is -0.144. The number of carbonyl (C=O) groups excluding carboxylic acids is 2. The minimum atomic E-state index is -3.74. The maximum absolute atomic E-state index is 12.1. The van der Waals surface area contributed by atoms with Crippen molar-refractivity contribution in [1.29, 1.82) is 0 Å². The van der Waals surface area contributed by atoms with Gasteiger partial charge in [0.05, 0.1) is 11.0 Å². The molecule has 0 spiro atoms. The molecule has 1 aromatic carbocycles. The summed E-state index contributed by atoms with van der Waals surface area (Å²) in [6.07, 6.45) is 1.45. The van der Waals surface area contributed by atoms with E-state index in [2.05, 4.69) is 0 Å². The quantitative estimate of drug-likeness (QED) is 0.593.